The monoisotopic (exact) mass is 287 g/mol. The van der Waals surface area contributed by atoms with Gasteiger partial charge in [-0.25, -0.2) is 0 Å². The summed E-state index contributed by atoms with van der Waals surface area (Å²) in [6.07, 6.45) is 7.42. The van der Waals surface area contributed by atoms with Gasteiger partial charge in [0.05, 0.1) is 6.61 Å². The van der Waals surface area contributed by atoms with E-state index < -0.39 is 0 Å². The quantitative estimate of drug-likeness (QED) is 0.601. The Labute approximate surface area is 124 Å². The topological polar surface area (TPSA) is 32.3 Å². The van der Waals surface area contributed by atoms with E-state index in [9.17, 15) is 5.11 Å². The smallest absolute Gasteiger partial charge is 0.0616 e. The molecule has 3 heteroatoms. The van der Waals surface area contributed by atoms with Gasteiger partial charge < -0.3 is 10.4 Å². The molecule has 1 saturated carbocycles. The lowest BCUT2D eigenvalue weighted by atomic mass is 9.85. The number of aliphatic hydroxyl groups is 1. The number of nitrogens with one attached hydrogen (secondary N) is 1. The van der Waals surface area contributed by atoms with E-state index in [1.54, 1.807) is 0 Å². The largest absolute Gasteiger partial charge is 0.394 e. The molecule has 0 saturated heterocycles. The molecule has 0 radical (unpaired) electrons. The molecule has 0 aromatic heterocycles. The zero-order chi connectivity index (χ0) is 14.1. The Kier molecular flexibility index (Phi) is 8.43. The Morgan fingerprint density at radius 1 is 1.42 bits per heavy atom. The minimum Gasteiger partial charge on any atom is -0.394 e. The van der Waals surface area contributed by atoms with Gasteiger partial charge >= 0.3 is 0 Å². The van der Waals surface area contributed by atoms with Crippen molar-refractivity contribution in [2.24, 2.45) is 11.8 Å². The van der Waals surface area contributed by atoms with E-state index in [2.05, 4.69) is 37.8 Å². The molecule has 2 N–H and O–H groups in total. The van der Waals surface area contributed by atoms with Crippen LogP contribution in [0.2, 0.25) is 0 Å². The minimum atomic E-state index is 0.0347. The maximum atomic E-state index is 9.83. The summed E-state index contributed by atoms with van der Waals surface area (Å²) >= 11 is 2.10. The molecular weight excluding hydrogens is 254 g/mol. The van der Waals surface area contributed by atoms with Crippen LogP contribution < -0.4 is 5.32 Å². The van der Waals surface area contributed by atoms with Gasteiger partial charge in [0.15, 0.2) is 0 Å². The van der Waals surface area contributed by atoms with Crippen molar-refractivity contribution in [2.45, 2.75) is 64.8 Å². The Balaban J connectivity index is 2.33. The normalized spacial score (nSPS) is 28.7. The first-order valence-corrected chi connectivity index (χ1v) is 9.27. The standard InChI is InChI=1S/C16H33NOS/c1-4-10-17-16(13-18)9-6-7-15(16)8-11-19-12-14(3)5-2/h14-15,17-18H,4-13H2,1-3H3. The molecule has 0 bridgehead atoms. The van der Waals surface area contributed by atoms with E-state index in [0.717, 1.165) is 25.3 Å². The van der Waals surface area contributed by atoms with Gasteiger partial charge in [-0.1, -0.05) is 33.6 Å². The van der Waals surface area contributed by atoms with Crippen LogP contribution >= 0.6 is 11.8 Å². The summed E-state index contributed by atoms with van der Waals surface area (Å²) in [5, 5.41) is 13.5. The van der Waals surface area contributed by atoms with Gasteiger partial charge in [0.2, 0.25) is 0 Å². The third kappa shape index (κ3) is 5.28. The lowest BCUT2D eigenvalue weighted by molar-refractivity contribution is 0.122. The zero-order valence-electron chi connectivity index (χ0n) is 13.1. The van der Waals surface area contributed by atoms with Crippen LogP contribution in [0.4, 0.5) is 0 Å². The van der Waals surface area contributed by atoms with Gasteiger partial charge in [0.25, 0.3) is 0 Å². The molecular formula is C16H33NOS. The second-order valence-corrected chi connectivity index (χ2v) is 7.36. The van der Waals surface area contributed by atoms with Crippen molar-refractivity contribution < 1.29 is 5.11 Å². The molecule has 1 aliphatic rings. The fourth-order valence-electron chi connectivity index (χ4n) is 3.06. The number of thioether (sulfide) groups is 1. The molecule has 2 nitrogen and oxygen atoms in total. The first kappa shape index (κ1) is 17.3. The molecule has 0 aromatic rings. The Morgan fingerprint density at radius 3 is 2.84 bits per heavy atom. The predicted molar refractivity (Wildman–Crippen MR) is 86.8 cm³/mol. The van der Waals surface area contributed by atoms with Gasteiger partial charge in [0.1, 0.15) is 0 Å². The van der Waals surface area contributed by atoms with Crippen molar-refractivity contribution in [2.75, 3.05) is 24.7 Å². The Bertz CT molecular complexity index is 237. The molecule has 0 spiro atoms. The van der Waals surface area contributed by atoms with Crippen molar-refractivity contribution in [3.05, 3.63) is 0 Å². The summed E-state index contributed by atoms with van der Waals surface area (Å²) in [6.45, 7) is 8.16. The lowest BCUT2D eigenvalue weighted by Gasteiger charge is -2.35. The van der Waals surface area contributed by atoms with Crippen LogP contribution in [0.15, 0.2) is 0 Å². The van der Waals surface area contributed by atoms with Gasteiger partial charge in [-0.3, -0.25) is 0 Å². The van der Waals surface area contributed by atoms with Crippen LogP contribution in [0.25, 0.3) is 0 Å². The second-order valence-electron chi connectivity index (χ2n) is 6.21. The van der Waals surface area contributed by atoms with Crippen LogP contribution in [0.5, 0.6) is 0 Å². The van der Waals surface area contributed by atoms with Crippen molar-refractivity contribution >= 4 is 11.8 Å². The summed E-state index contributed by atoms with van der Waals surface area (Å²) in [7, 11) is 0. The van der Waals surface area contributed by atoms with E-state index in [-0.39, 0.29) is 5.54 Å². The molecule has 114 valence electrons. The molecule has 0 aliphatic heterocycles. The average Bonchev–Trinajstić information content (AvgIpc) is 2.84. The fourth-order valence-corrected chi connectivity index (χ4v) is 4.32. The first-order chi connectivity index (χ1) is 9.18. The summed E-state index contributed by atoms with van der Waals surface area (Å²) in [4.78, 5) is 0. The van der Waals surface area contributed by atoms with Crippen molar-refractivity contribution in [3.63, 3.8) is 0 Å². The summed E-state index contributed by atoms with van der Waals surface area (Å²) in [6, 6.07) is 0. The molecule has 19 heavy (non-hydrogen) atoms. The van der Waals surface area contributed by atoms with Gasteiger partial charge in [0, 0.05) is 5.54 Å². The highest BCUT2D eigenvalue weighted by Gasteiger charge is 2.41. The van der Waals surface area contributed by atoms with Crippen LogP contribution in [-0.2, 0) is 0 Å². The maximum absolute atomic E-state index is 9.83. The van der Waals surface area contributed by atoms with E-state index in [1.165, 1.54) is 37.2 Å². The first-order valence-electron chi connectivity index (χ1n) is 8.12. The highest BCUT2D eigenvalue weighted by molar-refractivity contribution is 7.99. The van der Waals surface area contributed by atoms with Crippen molar-refractivity contribution in [1.82, 2.24) is 5.32 Å². The molecule has 3 atom stereocenters. The van der Waals surface area contributed by atoms with E-state index in [1.807, 2.05) is 0 Å². The van der Waals surface area contributed by atoms with Gasteiger partial charge in [-0.2, -0.15) is 11.8 Å². The molecule has 1 fully saturated rings. The molecule has 0 amide bonds. The Hall–Kier alpha value is 0.270. The second kappa shape index (κ2) is 9.25. The van der Waals surface area contributed by atoms with Crippen LogP contribution in [0.1, 0.15) is 59.3 Å². The van der Waals surface area contributed by atoms with Gasteiger partial charge in [-0.05, 0) is 55.6 Å². The molecule has 0 aromatic carbocycles. The highest BCUT2D eigenvalue weighted by Crippen LogP contribution is 2.38. The van der Waals surface area contributed by atoms with Gasteiger partial charge in [-0.15, -0.1) is 0 Å². The summed E-state index contributed by atoms with van der Waals surface area (Å²) < 4.78 is 0. The minimum absolute atomic E-state index is 0.0347. The number of aliphatic hydroxyl groups excluding tert-OH is 1. The molecule has 1 aliphatic carbocycles. The van der Waals surface area contributed by atoms with Crippen LogP contribution in [0.3, 0.4) is 0 Å². The van der Waals surface area contributed by atoms with Crippen LogP contribution in [-0.4, -0.2) is 35.3 Å². The van der Waals surface area contributed by atoms with E-state index in [4.69, 9.17) is 0 Å². The lowest BCUT2D eigenvalue weighted by Crippen LogP contribution is -2.51. The van der Waals surface area contributed by atoms with Crippen molar-refractivity contribution in [3.8, 4) is 0 Å². The Morgan fingerprint density at radius 2 is 2.21 bits per heavy atom. The zero-order valence-corrected chi connectivity index (χ0v) is 13.9. The molecule has 3 unspecified atom stereocenters. The summed E-state index contributed by atoms with van der Waals surface area (Å²) in [5.74, 6) is 4.06. The summed E-state index contributed by atoms with van der Waals surface area (Å²) in [5.41, 5.74) is 0.0347. The predicted octanol–water partition coefficient (Wildman–Crippen LogP) is 3.69. The SMILES string of the molecule is CCCNC1(CO)CCCC1CCSCC(C)CC. The van der Waals surface area contributed by atoms with Crippen molar-refractivity contribution in [1.29, 1.82) is 0 Å². The number of hydrogen-bond donors (Lipinski definition) is 2. The maximum Gasteiger partial charge on any atom is 0.0616 e. The van der Waals surface area contributed by atoms with Crippen LogP contribution in [0, 0.1) is 11.8 Å². The highest BCUT2D eigenvalue weighted by atomic mass is 32.2. The van der Waals surface area contributed by atoms with E-state index in [0.29, 0.717) is 12.5 Å². The molecule has 0 heterocycles. The number of rotatable bonds is 10. The average molecular weight is 288 g/mol. The molecule has 1 rings (SSSR count). The third-order valence-electron chi connectivity index (χ3n) is 4.68. The number of hydrogen-bond acceptors (Lipinski definition) is 3. The fraction of sp³-hybridized carbons (Fsp3) is 1.00. The van der Waals surface area contributed by atoms with E-state index >= 15 is 0 Å². The third-order valence-corrected chi connectivity index (χ3v) is 6.01.